The van der Waals surface area contributed by atoms with Crippen molar-refractivity contribution in [2.45, 2.75) is 44.8 Å². The lowest BCUT2D eigenvalue weighted by molar-refractivity contribution is -0.307. The largest absolute Gasteiger partial charge is 0.550 e. The number of carbonyl (C=O) groups excluding carboxylic acids is 1. The van der Waals surface area contributed by atoms with Crippen LogP contribution in [0.15, 0.2) is 60.7 Å². The lowest BCUT2D eigenvalue weighted by Crippen LogP contribution is -2.29. The zero-order valence-corrected chi connectivity index (χ0v) is 18.8. The first-order valence-corrected chi connectivity index (χ1v) is 11.3. The molecule has 3 aromatic rings. The van der Waals surface area contributed by atoms with Crippen molar-refractivity contribution >= 4 is 23.4 Å². The number of carboxylic acids is 1. The van der Waals surface area contributed by atoms with Gasteiger partial charge in [0.05, 0.1) is 12.2 Å². The fraction of sp³-hybridized carbons (Fsp3) is 0.269. The number of thiophene rings is 1. The lowest BCUT2D eigenvalue weighted by atomic mass is 9.94. The molecule has 4 nitrogen and oxygen atoms in total. The summed E-state index contributed by atoms with van der Waals surface area (Å²) in [5.74, 6) is -1.55. The smallest absolute Gasteiger partial charge is 0.131 e. The summed E-state index contributed by atoms with van der Waals surface area (Å²) in [6, 6.07) is 16.4. The molecule has 0 fully saturated rings. The number of hydrogen-bond donors (Lipinski definition) is 2. The van der Waals surface area contributed by atoms with Crippen LogP contribution in [0.2, 0.25) is 0 Å². The Morgan fingerprint density at radius 3 is 2.38 bits per heavy atom. The molecule has 0 aliphatic rings. The van der Waals surface area contributed by atoms with Gasteiger partial charge in [-0.05, 0) is 23.1 Å². The molecular weight excluding hydrogens is 427 g/mol. The number of aliphatic hydroxyl groups is 2. The fourth-order valence-electron chi connectivity index (χ4n) is 3.62. The van der Waals surface area contributed by atoms with Gasteiger partial charge in [-0.25, -0.2) is 4.39 Å². The number of aliphatic hydroxyl groups excluding tert-OH is 2. The van der Waals surface area contributed by atoms with E-state index in [1.165, 1.54) is 12.1 Å². The van der Waals surface area contributed by atoms with E-state index in [1.807, 2.05) is 30.3 Å². The van der Waals surface area contributed by atoms with Gasteiger partial charge < -0.3 is 20.1 Å². The maximum Gasteiger partial charge on any atom is 0.131 e. The van der Waals surface area contributed by atoms with Crippen LogP contribution in [0.25, 0.3) is 27.6 Å². The quantitative estimate of drug-likeness (QED) is 0.496. The van der Waals surface area contributed by atoms with E-state index in [1.54, 1.807) is 35.6 Å². The summed E-state index contributed by atoms with van der Waals surface area (Å²) >= 11 is 1.59. The zero-order chi connectivity index (χ0) is 23.3. The Bertz CT molecular complexity index is 1090. The second kappa shape index (κ2) is 10.7. The van der Waals surface area contributed by atoms with Crippen LogP contribution in [0.5, 0.6) is 0 Å². The summed E-state index contributed by atoms with van der Waals surface area (Å²) in [7, 11) is 0. The van der Waals surface area contributed by atoms with Crippen molar-refractivity contribution in [2.75, 3.05) is 0 Å². The van der Waals surface area contributed by atoms with Crippen LogP contribution in [0, 0.1) is 5.82 Å². The predicted octanol–water partition coefficient (Wildman–Crippen LogP) is 4.61. The Labute approximate surface area is 191 Å². The van der Waals surface area contributed by atoms with E-state index in [4.69, 9.17) is 0 Å². The highest BCUT2D eigenvalue weighted by Gasteiger charge is 2.23. The highest BCUT2D eigenvalue weighted by atomic mass is 32.1. The predicted molar refractivity (Wildman–Crippen MR) is 125 cm³/mol. The second-order valence-electron chi connectivity index (χ2n) is 7.98. The van der Waals surface area contributed by atoms with Crippen molar-refractivity contribution in [1.29, 1.82) is 0 Å². The minimum absolute atomic E-state index is 0.133. The van der Waals surface area contributed by atoms with Crippen molar-refractivity contribution in [3.63, 3.8) is 0 Å². The molecule has 32 heavy (non-hydrogen) atoms. The fourth-order valence-corrected chi connectivity index (χ4v) is 4.93. The summed E-state index contributed by atoms with van der Waals surface area (Å²) in [5, 5.41) is 30.8. The van der Waals surface area contributed by atoms with Gasteiger partial charge in [-0.3, -0.25) is 0 Å². The molecule has 0 spiro atoms. The first-order chi connectivity index (χ1) is 15.3. The highest BCUT2D eigenvalue weighted by molar-refractivity contribution is 7.16. The summed E-state index contributed by atoms with van der Waals surface area (Å²) in [5.41, 5.74) is 3.01. The van der Waals surface area contributed by atoms with Crippen molar-refractivity contribution in [1.82, 2.24) is 0 Å². The van der Waals surface area contributed by atoms with Crippen LogP contribution in [0.4, 0.5) is 4.39 Å². The Morgan fingerprint density at radius 2 is 1.75 bits per heavy atom. The van der Waals surface area contributed by atoms with Crippen LogP contribution >= 0.6 is 11.3 Å². The van der Waals surface area contributed by atoms with Gasteiger partial charge in [-0.2, -0.15) is 0 Å². The molecule has 2 N–H and O–H groups in total. The number of benzene rings is 2. The lowest BCUT2D eigenvalue weighted by Gasteiger charge is -2.14. The van der Waals surface area contributed by atoms with Crippen molar-refractivity contribution < 1.29 is 24.5 Å². The highest BCUT2D eigenvalue weighted by Crippen LogP contribution is 2.47. The number of rotatable bonds is 9. The Hall–Kier alpha value is -2.80. The molecule has 0 radical (unpaired) electrons. The molecule has 1 aromatic heterocycles. The van der Waals surface area contributed by atoms with E-state index in [-0.39, 0.29) is 18.2 Å². The molecule has 0 amide bonds. The maximum atomic E-state index is 14.9. The van der Waals surface area contributed by atoms with Crippen molar-refractivity contribution in [3.8, 4) is 21.6 Å². The number of halogens is 1. The standard InChI is InChI=1S/C26H27FO4S/c1-16(2)25-21(13-12-18(28)14-19(29)15-23(30)31)24(20-10-6-7-11-22(20)27)26(32-25)17-8-4-3-5-9-17/h3-13,16,18-19,28-29H,14-15H2,1-2H3,(H,30,31)/p-1/b13-12+/t18-,19-/m1/s1. The normalized spacial score (nSPS) is 13.6. The number of hydrogen-bond acceptors (Lipinski definition) is 5. The van der Waals surface area contributed by atoms with Crippen LogP contribution in [0.3, 0.4) is 0 Å². The first kappa shape index (κ1) is 23.9. The third-order valence-corrected chi connectivity index (χ3v) is 6.63. The Morgan fingerprint density at radius 1 is 1.09 bits per heavy atom. The number of carboxylic acid groups (broad SMARTS) is 1. The van der Waals surface area contributed by atoms with E-state index in [0.29, 0.717) is 5.56 Å². The molecule has 168 valence electrons. The topological polar surface area (TPSA) is 80.6 Å². The number of carbonyl (C=O) groups is 1. The molecule has 6 heteroatoms. The van der Waals surface area contributed by atoms with Gasteiger partial charge in [0.25, 0.3) is 0 Å². The van der Waals surface area contributed by atoms with E-state index in [9.17, 15) is 24.5 Å². The molecule has 2 aromatic carbocycles. The minimum atomic E-state index is -1.37. The van der Waals surface area contributed by atoms with Gasteiger partial charge in [0.2, 0.25) is 0 Å². The van der Waals surface area contributed by atoms with Crippen LogP contribution < -0.4 is 5.11 Å². The molecular formula is C26H26FO4S-. The molecule has 0 aliphatic heterocycles. The molecule has 2 atom stereocenters. The molecule has 0 unspecified atom stereocenters. The van der Waals surface area contributed by atoms with Gasteiger partial charge in [-0.1, -0.05) is 74.5 Å². The van der Waals surface area contributed by atoms with E-state index in [0.717, 1.165) is 26.4 Å². The monoisotopic (exact) mass is 453 g/mol. The maximum absolute atomic E-state index is 14.9. The van der Waals surface area contributed by atoms with Crippen LogP contribution in [-0.2, 0) is 4.79 Å². The van der Waals surface area contributed by atoms with E-state index >= 15 is 0 Å². The van der Waals surface area contributed by atoms with E-state index in [2.05, 4.69) is 13.8 Å². The summed E-state index contributed by atoms with van der Waals surface area (Å²) in [4.78, 5) is 12.6. The van der Waals surface area contributed by atoms with Crippen LogP contribution in [-0.4, -0.2) is 28.4 Å². The molecule has 0 saturated carbocycles. The average molecular weight is 454 g/mol. The van der Waals surface area contributed by atoms with Crippen molar-refractivity contribution in [3.05, 3.63) is 76.9 Å². The third kappa shape index (κ3) is 5.71. The summed E-state index contributed by atoms with van der Waals surface area (Å²) in [6.07, 6.45) is 0.323. The van der Waals surface area contributed by atoms with Gasteiger partial charge >= 0.3 is 0 Å². The minimum Gasteiger partial charge on any atom is -0.550 e. The first-order valence-electron chi connectivity index (χ1n) is 10.5. The van der Waals surface area contributed by atoms with Gasteiger partial charge in [0.15, 0.2) is 0 Å². The van der Waals surface area contributed by atoms with E-state index < -0.39 is 24.6 Å². The number of aliphatic carboxylic acids is 1. The Balaban J connectivity index is 2.11. The molecule has 0 bridgehead atoms. The molecule has 3 rings (SSSR count). The van der Waals surface area contributed by atoms with Gasteiger partial charge in [-0.15, -0.1) is 11.3 Å². The van der Waals surface area contributed by atoms with Gasteiger partial charge in [0.1, 0.15) is 5.82 Å². The van der Waals surface area contributed by atoms with Crippen molar-refractivity contribution in [2.24, 2.45) is 0 Å². The summed E-state index contributed by atoms with van der Waals surface area (Å²) in [6.45, 7) is 4.12. The zero-order valence-electron chi connectivity index (χ0n) is 18.0. The molecule has 0 saturated heterocycles. The Kier molecular flexibility index (Phi) is 7.96. The SMILES string of the molecule is CC(C)c1sc(-c2ccccc2)c(-c2ccccc2F)c1/C=C/[C@@H](O)C[C@@H](O)CC(=O)[O-]. The molecule has 1 heterocycles. The van der Waals surface area contributed by atoms with Crippen LogP contribution in [0.1, 0.15) is 43.0 Å². The summed E-state index contributed by atoms with van der Waals surface area (Å²) < 4.78 is 14.9. The second-order valence-corrected chi connectivity index (χ2v) is 9.03. The van der Waals surface area contributed by atoms with Gasteiger partial charge in [0, 0.05) is 39.7 Å². The average Bonchev–Trinajstić information content (AvgIpc) is 3.12. The third-order valence-electron chi connectivity index (χ3n) is 5.08. The molecule has 0 aliphatic carbocycles.